The number of rotatable bonds is 5. The molecule has 2 aromatic carbocycles. The summed E-state index contributed by atoms with van der Waals surface area (Å²) in [6, 6.07) is 10.3. The molecule has 5 nitrogen and oxygen atoms in total. The molecule has 0 unspecified atom stereocenters. The molecule has 130 valence electrons. The number of hydrogen-bond donors (Lipinski definition) is 1. The van der Waals surface area contributed by atoms with Crippen LogP contribution < -0.4 is 9.47 Å². The summed E-state index contributed by atoms with van der Waals surface area (Å²) in [7, 11) is 3.13. The highest BCUT2D eigenvalue weighted by molar-refractivity contribution is 6.36. The molecule has 0 aliphatic rings. The lowest BCUT2D eigenvalue weighted by Gasteiger charge is -2.09. The van der Waals surface area contributed by atoms with Gasteiger partial charge in [0.15, 0.2) is 5.76 Å². The van der Waals surface area contributed by atoms with Crippen LogP contribution in [0.25, 0.3) is 22.6 Å². The molecule has 0 aliphatic heterocycles. The largest absolute Gasteiger partial charge is 0.497 e. The number of aromatic nitrogens is 1. The topological polar surface area (TPSA) is 64.7 Å². The number of aliphatic hydroxyl groups is 1. The first-order chi connectivity index (χ1) is 12.1. The van der Waals surface area contributed by atoms with Crippen LogP contribution in [0, 0.1) is 0 Å². The standard InChI is InChI=1S/C18H15Cl2NO4/c1-23-11-4-6-16(24-2)13(8-11)17-14(9-22)18(25-21-17)12-5-3-10(19)7-15(12)20/h3-8,22H,9H2,1-2H3. The average molecular weight is 380 g/mol. The molecule has 0 radical (unpaired) electrons. The molecular formula is C18H15Cl2NO4. The van der Waals surface area contributed by atoms with Crippen LogP contribution >= 0.6 is 23.2 Å². The maximum atomic E-state index is 9.91. The summed E-state index contributed by atoms with van der Waals surface area (Å²) in [4.78, 5) is 0. The van der Waals surface area contributed by atoms with Gasteiger partial charge in [0.2, 0.25) is 0 Å². The summed E-state index contributed by atoms with van der Waals surface area (Å²) < 4.78 is 16.1. The highest BCUT2D eigenvalue weighted by Gasteiger charge is 2.23. The number of methoxy groups -OCH3 is 2. The van der Waals surface area contributed by atoms with Crippen molar-refractivity contribution in [3.8, 4) is 34.1 Å². The molecule has 0 saturated heterocycles. The molecule has 0 saturated carbocycles. The monoisotopic (exact) mass is 379 g/mol. The summed E-state index contributed by atoms with van der Waals surface area (Å²) in [6.07, 6.45) is 0. The Labute approximate surface area is 154 Å². The first-order valence-electron chi connectivity index (χ1n) is 7.36. The second-order valence-electron chi connectivity index (χ2n) is 5.19. The average Bonchev–Trinajstić information content (AvgIpc) is 3.04. The van der Waals surface area contributed by atoms with Gasteiger partial charge in [-0.25, -0.2) is 0 Å². The molecule has 3 aromatic rings. The van der Waals surface area contributed by atoms with E-state index in [1.54, 1.807) is 50.6 Å². The van der Waals surface area contributed by atoms with Crippen molar-refractivity contribution in [3.63, 3.8) is 0 Å². The highest BCUT2D eigenvalue weighted by Crippen LogP contribution is 2.40. The summed E-state index contributed by atoms with van der Waals surface area (Å²) in [5.74, 6) is 1.59. The number of halogens is 2. The SMILES string of the molecule is COc1ccc(OC)c(-c2noc(-c3ccc(Cl)cc3Cl)c2CO)c1. The van der Waals surface area contributed by atoms with Crippen LogP contribution in [0.15, 0.2) is 40.9 Å². The third-order valence-electron chi connectivity index (χ3n) is 3.78. The molecule has 1 N–H and O–H groups in total. The first-order valence-corrected chi connectivity index (χ1v) is 8.11. The predicted octanol–water partition coefficient (Wildman–Crippen LogP) is 4.82. The van der Waals surface area contributed by atoms with E-state index in [0.29, 0.717) is 49.7 Å². The van der Waals surface area contributed by atoms with Gasteiger partial charge in [0.25, 0.3) is 0 Å². The maximum Gasteiger partial charge on any atom is 0.174 e. The lowest BCUT2D eigenvalue weighted by molar-refractivity contribution is 0.281. The van der Waals surface area contributed by atoms with Crippen LogP contribution in [-0.4, -0.2) is 24.5 Å². The van der Waals surface area contributed by atoms with Crippen LogP contribution in [0.5, 0.6) is 11.5 Å². The van der Waals surface area contributed by atoms with Gasteiger partial charge >= 0.3 is 0 Å². The van der Waals surface area contributed by atoms with E-state index in [1.807, 2.05) is 0 Å². The second-order valence-corrected chi connectivity index (χ2v) is 6.03. The molecule has 0 fully saturated rings. The number of ether oxygens (including phenoxy) is 2. The van der Waals surface area contributed by atoms with Crippen molar-refractivity contribution in [2.75, 3.05) is 14.2 Å². The van der Waals surface area contributed by atoms with Gasteiger partial charge in [-0.2, -0.15) is 0 Å². The molecular weight excluding hydrogens is 365 g/mol. The lowest BCUT2D eigenvalue weighted by Crippen LogP contribution is -1.94. The Bertz CT molecular complexity index is 908. The first kappa shape index (κ1) is 17.6. The fourth-order valence-corrected chi connectivity index (χ4v) is 3.05. The van der Waals surface area contributed by atoms with Gasteiger partial charge in [-0.05, 0) is 36.4 Å². The third kappa shape index (κ3) is 3.31. The minimum absolute atomic E-state index is 0.284. The molecule has 1 aromatic heterocycles. The van der Waals surface area contributed by atoms with E-state index in [0.717, 1.165) is 0 Å². The lowest BCUT2D eigenvalue weighted by atomic mass is 10.0. The minimum Gasteiger partial charge on any atom is -0.497 e. The summed E-state index contributed by atoms with van der Waals surface area (Å²) in [5, 5.41) is 14.9. The van der Waals surface area contributed by atoms with Gasteiger partial charge in [-0.15, -0.1) is 0 Å². The summed E-state index contributed by atoms with van der Waals surface area (Å²) in [6.45, 7) is -0.284. The molecule has 0 bridgehead atoms. The smallest absolute Gasteiger partial charge is 0.174 e. The van der Waals surface area contributed by atoms with E-state index in [4.69, 9.17) is 37.2 Å². The number of hydrogen-bond acceptors (Lipinski definition) is 5. The number of benzene rings is 2. The fourth-order valence-electron chi connectivity index (χ4n) is 2.55. The molecule has 7 heteroatoms. The van der Waals surface area contributed by atoms with E-state index in [-0.39, 0.29) is 6.61 Å². The van der Waals surface area contributed by atoms with Crippen molar-refractivity contribution < 1.29 is 19.1 Å². The Kier molecular flexibility index (Phi) is 5.18. The normalized spacial score (nSPS) is 10.8. The zero-order chi connectivity index (χ0) is 18.0. The zero-order valence-corrected chi connectivity index (χ0v) is 15.1. The van der Waals surface area contributed by atoms with Crippen LogP contribution in [0.1, 0.15) is 5.56 Å². The number of aliphatic hydroxyl groups excluding tert-OH is 1. The molecule has 0 atom stereocenters. The molecule has 0 spiro atoms. The van der Waals surface area contributed by atoms with Gasteiger partial charge < -0.3 is 19.1 Å². The van der Waals surface area contributed by atoms with Crippen molar-refractivity contribution in [1.29, 1.82) is 0 Å². The van der Waals surface area contributed by atoms with Crippen molar-refractivity contribution in [2.24, 2.45) is 0 Å². The second kappa shape index (κ2) is 7.35. The van der Waals surface area contributed by atoms with Crippen molar-refractivity contribution in [1.82, 2.24) is 5.16 Å². The van der Waals surface area contributed by atoms with Crippen LogP contribution in [0.2, 0.25) is 10.0 Å². The Hall–Kier alpha value is -2.21. The van der Waals surface area contributed by atoms with E-state index in [2.05, 4.69) is 5.16 Å². The van der Waals surface area contributed by atoms with E-state index >= 15 is 0 Å². The summed E-state index contributed by atoms with van der Waals surface area (Å²) >= 11 is 12.2. The molecule has 0 aliphatic carbocycles. The van der Waals surface area contributed by atoms with Crippen molar-refractivity contribution in [2.45, 2.75) is 6.61 Å². The van der Waals surface area contributed by atoms with Gasteiger partial charge in [0.1, 0.15) is 17.2 Å². The van der Waals surface area contributed by atoms with E-state index < -0.39 is 0 Å². The predicted molar refractivity (Wildman–Crippen MR) is 96.4 cm³/mol. The van der Waals surface area contributed by atoms with Crippen LogP contribution in [0.4, 0.5) is 0 Å². The number of nitrogens with zero attached hydrogens (tertiary/aromatic N) is 1. The maximum absolute atomic E-state index is 9.91. The van der Waals surface area contributed by atoms with Gasteiger partial charge in [0.05, 0.1) is 31.4 Å². The van der Waals surface area contributed by atoms with Gasteiger partial charge in [0, 0.05) is 16.1 Å². The van der Waals surface area contributed by atoms with Gasteiger partial charge in [-0.3, -0.25) is 0 Å². The molecule has 1 heterocycles. The minimum atomic E-state index is -0.284. The Balaban J connectivity index is 2.19. The quantitative estimate of drug-likeness (QED) is 0.687. The Morgan fingerprint density at radius 1 is 1.04 bits per heavy atom. The van der Waals surface area contributed by atoms with Crippen molar-refractivity contribution in [3.05, 3.63) is 52.0 Å². The molecule has 0 amide bonds. The molecule has 3 rings (SSSR count). The van der Waals surface area contributed by atoms with E-state index in [9.17, 15) is 5.11 Å². The van der Waals surface area contributed by atoms with E-state index in [1.165, 1.54) is 0 Å². The zero-order valence-electron chi connectivity index (χ0n) is 13.5. The van der Waals surface area contributed by atoms with Crippen LogP contribution in [0.3, 0.4) is 0 Å². The Morgan fingerprint density at radius 2 is 1.84 bits per heavy atom. The van der Waals surface area contributed by atoms with Crippen molar-refractivity contribution >= 4 is 23.2 Å². The summed E-state index contributed by atoms with van der Waals surface area (Å²) in [5.41, 5.74) is 2.19. The molecule has 25 heavy (non-hydrogen) atoms. The highest BCUT2D eigenvalue weighted by atomic mass is 35.5. The fraction of sp³-hybridized carbons (Fsp3) is 0.167. The third-order valence-corrected chi connectivity index (χ3v) is 4.33. The van der Waals surface area contributed by atoms with Crippen LogP contribution in [-0.2, 0) is 6.61 Å². The van der Waals surface area contributed by atoms with Gasteiger partial charge in [-0.1, -0.05) is 28.4 Å². The Morgan fingerprint density at radius 3 is 2.48 bits per heavy atom.